The molecule has 1 N–H and O–H groups in total. The fourth-order valence-corrected chi connectivity index (χ4v) is 5.40. The van der Waals surface area contributed by atoms with Crippen LogP contribution >= 0.6 is 11.3 Å². The van der Waals surface area contributed by atoms with Crippen molar-refractivity contribution in [2.45, 2.75) is 52.0 Å². The van der Waals surface area contributed by atoms with E-state index in [1.807, 2.05) is 11.9 Å². The van der Waals surface area contributed by atoms with Crippen LogP contribution in [0.4, 0.5) is 5.00 Å². The number of likely N-dealkylation sites (tertiary alicyclic amines) is 1. The minimum absolute atomic E-state index is 0.0744. The summed E-state index contributed by atoms with van der Waals surface area (Å²) in [6.45, 7) is 5.82. The molecule has 1 aliphatic carbocycles. The second-order valence-corrected chi connectivity index (χ2v) is 8.79. The van der Waals surface area contributed by atoms with Gasteiger partial charge in [-0.1, -0.05) is 6.92 Å². The average Bonchev–Trinajstić information content (AvgIpc) is 2.90. The van der Waals surface area contributed by atoms with Crippen LogP contribution in [0.3, 0.4) is 0 Å². The highest BCUT2D eigenvalue weighted by Gasteiger charge is 2.32. The van der Waals surface area contributed by atoms with Gasteiger partial charge in [0.2, 0.25) is 5.91 Å². The Hall–Kier alpha value is -1.40. The lowest BCUT2D eigenvalue weighted by Crippen LogP contribution is -2.44. The Morgan fingerprint density at radius 1 is 1.24 bits per heavy atom. The van der Waals surface area contributed by atoms with Gasteiger partial charge in [-0.3, -0.25) is 9.59 Å². The predicted octanol–water partition coefficient (Wildman–Crippen LogP) is 3.00. The summed E-state index contributed by atoms with van der Waals surface area (Å²) in [4.78, 5) is 30.5. The molecule has 6 heteroatoms. The van der Waals surface area contributed by atoms with Crippen LogP contribution in [0.2, 0.25) is 0 Å². The number of hydrogen-bond acceptors (Lipinski definition) is 4. The van der Waals surface area contributed by atoms with Crippen molar-refractivity contribution in [2.24, 2.45) is 5.92 Å². The van der Waals surface area contributed by atoms with Gasteiger partial charge in [-0.05, 0) is 63.7 Å². The van der Waals surface area contributed by atoms with Gasteiger partial charge in [0.25, 0.3) is 5.91 Å². The maximum absolute atomic E-state index is 13.3. The van der Waals surface area contributed by atoms with Crippen LogP contribution in [0.25, 0.3) is 0 Å². The molecular weight excluding hydrogens is 334 g/mol. The highest BCUT2D eigenvalue weighted by Crippen LogP contribution is 2.40. The molecule has 5 nitrogen and oxygen atoms in total. The third-order valence-corrected chi connectivity index (χ3v) is 6.74. The van der Waals surface area contributed by atoms with Gasteiger partial charge < -0.3 is 15.1 Å². The number of hydrogen-bond donors (Lipinski definition) is 1. The van der Waals surface area contributed by atoms with Crippen LogP contribution in [0, 0.1) is 5.92 Å². The van der Waals surface area contributed by atoms with E-state index in [2.05, 4.69) is 24.2 Å². The first kappa shape index (κ1) is 18.4. The van der Waals surface area contributed by atoms with Crippen LogP contribution in [0.5, 0.6) is 0 Å². The molecule has 1 fully saturated rings. The Bertz CT molecular complexity index is 662. The van der Waals surface area contributed by atoms with Crippen molar-refractivity contribution in [3.05, 3.63) is 16.0 Å². The van der Waals surface area contributed by atoms with E-state index in [-0.39, 0.29) is 17.9 Å². The molecule has 3 rings (SSSR count). The molecule has 138 valence electrons. The summed E-state index contributed by atoms with van der Waals surface area (Å²) in [7, 11) is 4.05. The summed E-state index contributed by atoms with van der Waals surface area (Å²) in [6.07, 6.45) is 5.09. The van der Waals surface area contributed by atoms with Gasteiger partial charge in [0, 0.05) is 24.9 Å². The summed E-state index contributed by atoms with van der Waals surface area (Å²) >= 11 is 1.60. The number of rotatable bonds is 3. The molecule has 0 unspecified atom stereocenters. The molecule has 0 aromatic carbocycles. The third-order valence-electron chi connectivity index (χ3n) is 5.57. The van der Waals surface area contributed by atoms with Crippen molar-refractivity contribution in [2.75, 3.05) is 32.5 Å². The largest absolute Gasteiger partial charge is 0.339 e. The summed E-state index contributed by atoms with van der Waals surface area (Å²) in [5.74, 6) is 0.610. The van der Waals surface area contributed by atoms with Gasteiger partial charge in [-0.15, -0.1) is 11.3 Å². The summed E-state index contributed by atoms with van der Waals surface area (Å²) in [5.41, 5.74) is 1.93. The minimum Gasteiger partial charge on any atom is -0.339 e. The number of anilines is 1. The maximum Gasteiger partial charge on any atom is 0.257 e. The van der Waals surface area contributed by atoms with E-state index in [9.17, 15) is 9.59 Å². The second-order valence-electron chi connectivity index (χ2n) is 7.69. The van der Waals surface area contributed by atoms with Crippen molar-refractivity contribution in [3.63, 3.8) is 0 Å². The molecule has 2 heterocycles. The highest BCUT2D eigenvalue weighted by atomic mass is 32.1. The molecule has 0 spiro atoms. The SMILES string of the molecule is CC(=O)Nc1sc2c(c1C(=O)N(C)C1CCN(C)CC1)CC[C@H](C)C2. The monoisotopic (exact) mass is 363 g/mol. The first-order valence-electron chi connectivity index (χ1n) is 9.24. The number of carbonyl (C=O) groups excluding carboxylic acids is 2. The Morgan fingerprint density at radius 2 is 1.92 bits per heavy atom. The predicted molar refractivity (Wildman–Crippen MR) is 102 cm³/mol. The number of nitrogens with one attached hydrogen (secondary N) is 1. The van der Waals surface area contributed by atoms with Crippen LogP contribution in [-0.4, -0.2) is 54.8 Å². The van der Waals surface area contributed by atoms with E-state index < -0.39 is 0 Å². The molecule has 2 amide bonds. The molecular formula is C19H29N3O2S. The molecule has 1 aromatic heterocycles. The van der Waals surface area contributed by atoms with Crippen LogP contribution in [-0.2, 0) is 17.6 Å². The van der Waals surface area contributed by atoms with Gasteiger partial charge in [-0.25, -0.2) is 0 Å². The van der Waals surface area contributed by atoms with Gasteiger partial charge >= 0.3 is 0 Å². The van der Waals surface area contributed by atoms with Crippen molar-refractivity contribution in [1.82, 2.24) is 9.80 Å². The van der Waals surface area contributed by atoms with Crippen molar-refractivity contribution in [1.29, 1.82) is 0 Å². The zero-order chi connectivity index (χ0) is 18.1. The van der Waals surface area contributed by atoms with E-state index in [1.54, 1.807) is 11.3 Å². The number of carbonyl (C=O) groups is 2. The van der Waals surface area contributed by atoms with Gasteiger partial charge in [-0.2, -0.15) is 0 Å². The zero-order valence-corrected chi connectivity index (χ0v) is 16.5. The molecule has 2 aliphatic rings. The van der Waals surface area contributed by atoms with Gasteiger partial charge in [0.15, 0.2) is 0 Å². The van der Waals surface area contributed by atoms with Gasteiger partial charge in [0.1, 0.15) is 5.00 Å². The zero-order valence-electron chi connectivity index (χ0n) is 15.7. The van der Waals surface area contributed by atoms with E-state index in [0.29, 0.717) is 5.92 Å². The lowest BCUT2D eigenvalue weighted by atomic mass is 9.88. The van der Waals surface area contributed by atoms with E-state index in [1.165, 1.54) is 17.4 Å². The Kier molecular flexibility index (Phi) is 5.49. The number of fused-ring (bicyclic) bond motifs is 1. The summed E-state index contributed by atoms with van der Waals surface area (Å²) < 4.78 is 0. The molecule has 1 aliphatic heterocycles. The van der Waals surface area contributed by atoms with Crippen LogP contribution < -0.4 is 5.32 Å². The fraction of sp³-hybridized carbons (Fsp3) is 0.684. The fourth-order valence-electron chi connectivity index (χ4n) is 3.95. The lowest BCUT2D eigenvalue weighted by molar-refractivity contribution is -0.114. The summed E-state index contributed by atoms with van der Waals surface area (Å²) in [6, 6.07) is 0.284. The standard InChI is InChI=1S/C19H29N3O2S/c1-12-5-6-15-16(11-12)25-18(20-13(2)23)17(15)19(24)22(4)14-7-9-21(3)10-8-14/h12,14H,5-11H2,1-4H3,(H,20,23)/t12-/m0/s1. The topological polar surface area (TPSA) is 52.7 Å². The quantitative estimate of drug-likeness (QED) is 0.898. The number of piperidine rings is 1. The lowest BCUT2D eigenvalue weighted by Gasteiger charge is -2.35. The minimum atomic E-state index is -0.109. The molecule has 0 bridgehead atoms. The van der Waals surface area contributed by atoms with Crippen LogP contribution in [0.15, 0.2) is 0 Å². The first-order chi connectivity index (χ1) is 11.9. The smallest absolute Gasteiger partial charge is 0.257 e. The Morgan fingerprint density at radius 3 is 2.56 bits per heavy atom. The summed E-state index contributed by atoms with van der Waals surface area (Å²) in [5, 5.41) is 3.66. The third kappa shape index (κ3) is 3.90. The number of amides is 2. The molecule has 25 heavy (non-hydrogen) atoms. The second kappa shape index (κ2) is 7.46. The Labute approximate surface area is 154 Å². The van der Waals surface area contributed by atoms with Crippen molar-refractivity contribution < 1.29 is 9.59 Å². The van der Waals surface area contributed by atoms with Crippen LogP contribution in [0.1, 0.15) is 53.9 Å². The van der Waals surface area contributed by atoms with E-state index >= 15 is 0 Å². The molecule has 1 aromatic rings. The average molecular weight is 364 g/mol. The van der Waals surface area contributed by atoms with E-state index in [4.69, 9.17) is 0 Å². The maximum atomic E-state index is 13.3. The molecule has 0 saturated carbocycles. The highest BCUT2D eigenvalue weighted by molar-refractivity contribution is 7.17. The molecule has 1 atom stereocenters. The van der Waals surface area contributed by atoms with Crippen molar-refractivity contribution >= 4 is 28.2 Å². The molecule has 0 radical (unpaired) electrons. The number of thiophene rings is 1. The molecule has 1 saturated heterocycles. The van der Waals surface area contributed by atoms with Gasteiger partial charge in [0.05, 0.1) is 5.56 Å². The van der Waals surface area contributed by atoms with Crippen molar-refractivity contribution in [3.8, 4) is 0 Å². The van der Waals surface area contributed by atoms with E-state index in [0.717, 1.165) is 55.8 Å². The Balaban J connectivity index is 1.88. The number of nitrogens with zero attached hydrogens (tertiary/aromatic N) is 2. The first-order valence-corrected chi connectivity index (χ1v) is 10.1. The normalized spacial score (nSPS) is 21.7.